The lowest BCUT2D eigenvalue weighted by Crippen LogP contribution is -2.54. The van der Waals surface area contributed by atoms with Gasteiger partial charge in [0.05, 0.1) is 25.7 Å². The van der Waals surface area contributed by atoms with E-state index in [0.717, 1.165) is 36.6 Å². The van der Waals surface area contributed by atoms with Crippen molar-refractivity contribution in [3.05, 3.63) is 54.1 Å². The number of carbonyl (C=O) groups excluding carboxylic acids is 1. The molecule has 5 heteroatoms. The van der Waals surface area contributed by atoms with Crippen LogP contribution in [0, 0.1) is 0 Å². The molecule has 2 aromatic carbocycles. The standard InChI is InChI=1S/C23H30N2O3/c1-4-6-23(26)24-17(3)18-7-9-19(10-8-18)25-15-22(16-25)28-21-13-11-20(12-14-21)27-5-2/h7-14,17,22H,4-6,15-16H2,1-3H3,(H,24,26)/t17-/m0/s1. The fourth-order valence-corrected chi connectivity index (χ4v) is 3.29. The number of benzene rings is 2. The predicted molar refractivity (Wildman–Crippen MR) is 112 cm³/mol. The summed E-state index contributed by atoms with van der Waals surface area (Å²) < 4.78 is 11.5. The fraction of sp³-hybridized carbons (Fsp3) is 0.435. The molecule has 150 valence electrons. The topological polar surface area (TPSA) is 50.8 Å². The quantitative estimate of drug-likeness (QED) is 0.701. The minimum Gasteiger partial charge on any atom is -0.494 e. The van der Waals surface area contributed by atoms with Crippen LogP contribution in [0.15, 0.2) is 48.5 Å². The van der Waals surface area contributed by atoms with Gasteiger partial charge in [0.1, 0.15) is 17.6 Å². The van der Waals surface area contributed by atoms with Crippen molar-refractivity contribution in [2.24, 2.45) is 0 Å². The summed E-state index contributed by atoms with van der Waals surface area (Å²) in [5.74, 6) is 1.85. The van der Waals surface area contributed by atoms with Gasteiger partial charge in [0, 0.05) is 12.1 Å². The number of nitrogens with one attached hydrogen (secondary N) is 1. The van der Waals surface area contributed by atoms with Crippen LogP contribution in [0.5, 0.6) is 11.5 Å². The molecule has 0 saturated carbocycles. The molecule has 1 aliphatic rings. The van der Waals surface area contributed by atoms with Crippen molar-refractivity contribution in [3.8, 4) is 11.5 Å². The maximum Gasteiger partial charge on any atom is 0.220 e. The van der Waals surface area contributed by atoms with Crippen LogP contribution in [0.3, 0.4) is 0 Å². The SMILES string of the molecule is CCCC(=O)N[C@@H](C)c1ccc(N2CC(Oc3ccc(OCC)cc3)C2)cc1. The molecular weight excluding hydrogens is 352 g/mol. The van der Waals surface area contributed by atoms with Gasteiger partial charge in [-0.15, -0.1) is 0 Å². The van der Waals surface area contributed by atoms with E-state index < -0.39 is 0 Å². The molecule has 1 N–H and O–H groups in total. The third-order valence-corrected chi connectivity index (χ3v) is 4.90. The van der Waals surface area contributed by atoms with E-state index in [1.54, 1.807) is 0 Å². The van der Waals surface area contributed by atoms with E-state index in [0.29, 0.717) is 13.0 Å². The minimum absolute atomic E-state index is 0.0280. The highest BCUT2D eigenvalue weighted by Gasteiger charge is 2.28. The molecule has 0 aromatic heterocycles. The second-order valence-corrected chi connectivity index (χ2v) is 7.18. The second kappa shape index (κ2) is 9.49. The van der Waals surface area contributed by atoms with Crippen LogP contribution in [-0.2, 0) is 4.79 Å². The third kappa shape index (κ3) is 5.18. The molecule has 1 heterocycles. The van der Waals surface area contributed by atoms with Gasteiger partial charge in [0.15, 0.2) is 0 Å². The first-order valence-corrected chi connectivity index (χ1v) is 10.1. The molecule has 1 atom stereocenters. The molecule has 1 amide bonds. The lowest BCUT2D eigenvalue weighted by molar-refractivity contribution is -0.121. The van der Waals surface area contributed by atoms with E-state index in [1.807, 2.05) is 45.0 Å². The van der Waals surface area contributed by atoms with Gasteiger partial charge in [-0.05, 0) is 62.2 Å². The van der Waals surface area contributed by atoms with Crippen LogP contribution in [-0.4, -0.2) is 31.7 Å². The van der Waals surface area contributed by atoms with Gasteiger partial charge in [0.25, 0.3) is 0 Å². The summed E-state index contributed by atoms with van der Waals surface area (Å²) in [6, 6.07) is 16.2. The Balaban J connectivity index is 1.47. The van der Waals surface area contributed by atoms with Crippen LogP contribution in [0.1, 0.15) is 45.2 Å². The molecule has 1 fully saturated rings. The molecule has 1 aliphatic heterocycles. The largest absolute Gasteiger partial charge is 0.494 e. The maximum atomic E-state index is 11.8. The Morgan fingerprint density at radius 1 is 1.07 bits per heavy atom. The van der Waals surface area contributed by atoms with Gasteiger partial charge in [-0.3, -0.25) is 4.79 Å². The van der Waals surface area contributed by atoms with Crippen molar-refractivity contribution in [1.82, 2.24) is 5.32 Å². The number of hydrogen-bond acceptors (Lipinski definition) is 4. The van der Waals surface area contributed by atoms with Crippen molar-refractivity contribution < 1.29 is 14.3 Å². The minimum atomic E-state index is 0.0280. The van der Waals surface area contributed by atoms with Crippen molar-refractivity contribution in [2.75, 3.05) is 24.6 Å². The lowest BCUT2D eigenvalue weighted by atomic mass is 10.1. The first-order valence-electron chi connectivity index (χ1n) is 10.1. The molecule has 3 rings (SSSR count). The van der Waals surface area contributed by atoms with Gasteiger partial charge >= 0.3 is 0 Å². The average molecular weight is 383 g/mol. The number of rotatable bonds is 9. The predicted octanol–water partition coefficient (Wildman–Crippen LogP) is 4.33. The molecule has 0 bridgehead atoms. The van der Waals surface area contributed by atoms with E-state index in [9.17, 15) is 4.79 Å². The zero-order chi connectivity index (χ0) is 19.9. The number of nitrogens with zero attached hydrogens (tertiary/aromatic N) is 1. The maximum absolute atomic E-state index is 11.8. The fourth-order valence-electron chi connectivity index (χ4n) is 3.29. The van der Waals surface area contributed by atoms with Crippen LogP contribution >= 0.6 is 0 Å². The molecule has 0 unspecified atom stereocenters. The summed E-state index contributed by atoms with van der Waals surface area (Å²) in [5.41, 5.74) is 2.30. The van der Waals surface area contributed by atoms with Crippen molar-refractivity contribution in [1.29, 1.82) is 0 Å². The molecule has 2 aromatic rings. The molecule has 28 heavy (non-hydrogen) atoms. The van der Waals surface area contributed by atoms with E-state index in [-0.39, 0.29) is 18.1 Å². The summed E-state index contributed by atoms with van der Waals surface area (Å²) in [5, 5.41) is 3.04. The van der Waals surface area contributed by atoms with Crippen LogP contribution in [0.4, 0.5) is 5.69 Å². The van der Waals surface area contributed by atoms with Crippen LogP contribution in [0.25, 0.3) is 0 Å². The van der Waals surface area contributed by atoms with E-state index in [4.69, 9.17) is 9.47 Å². The zero-order valence-corrected chi connectivity index (χ0v) is 17.0. The Hall–Kier alpha value is -2.69. The lowest BCUT2D eigenvalue weighted by Gasteiger charge is -2.40. The van der Waals surface area contributed by atoms with Crippen LogP contribution in [0.2, 0.25) is 0 Å². The molecule has 0 aliphatic carbocycles. The van der Waals surface area contributed by atoms with Crippen molar-refractivity contribution in [2.45, 2.75) is 45.8 Å². The third-order valence-electron chi connectivity index (χ3n) is 4.90. The van der Waals surface area contributed by atoms with E-state index in [2.05, 4.69) is 34.5 Å². The summed E-state index contributed by atoms with van der Waals surface area (Å²) in [6.45, 7) is 8.42. The molecule has 1 saturated heterocycles. The number of ether oxygens (including phenoxy) is 2. The van der Waals surface area contributed by atoms with E-state index >= 15 is 0 Å². The average Bonchev–Trinajstić information content (AvgIpc) is 2.66. The molecule has 0 radical (unpaired) electrons. The summed E-state index contributed by atoms with van der Waals surface area (Å²) in [6.07, 6.45) is 1.64. The molecule has 0 spiro atoms. The van der Waals surface area contributed by atoms with E-state index in [1.165, 1.54) is 5.69 Å². The number of amides is 1. The highest BCUT2D eigenvalue weighted by Crippen LogP contribution is 2.26. The summed E-state index contributed by atoms with van der Waals surface area (Å²) >= 11 is 0. The number of carbonyl (C=O) groups is 1. The Morgan fingerprint density at radius 3 is 2.32 bits per heavy atom. The van der Waals surface area contributed by atoms with Gasteiger partial charge in [-0.25, -0.2) is 0 Å². The highest BCUT2D eigenvalue weighted by molar-refractivity contribution is 5.76. The van der Waals surface area contributed by atoms with Crippen LogP contribution < -0.4 is 19.7 Å². The normalized spacial score (nSPS) is 14.9. The van der Waals surface area contributed by atoms with Crippen molar-refractivity contribution >= 4 is 11.6 Å². The molecular formula is C23H30N2O3. The first-order chi connectivity index (χ1) is 13.6. The van der Waals surface area contributed by atoms with Gasteiger partial charge < -0.3 is 19.7 Å². The van der Waals surface area contributed by atoms with Gasteiger partial charge in [-0.1, -0.05) is 19.1 Å². The molecule has 5 nitrogen and oxygen atoms in total. The van der Waals surface area contributed by atoms with Gasteiger partial charge in [-0.2, -0.15) is 0 Å². The number of hydrogen-bond donors (Lipinski definition) is 1. The van der Waals surface area contributed by atoms with Gasteiger partial charge in [0.2, 0.25) is 5.91 Å². The second-order valence-electron chi connectivity index (χ2n) is 7.18. The highest BCUT2D eigenvalue weighted by atomic mass is 16.5. The Labute approximate surface area is 167 Å². The zero-order valence-electron chi connectivity index (χ0n) is 17.0. The van der Waals surface area contributed by atoms with Crippen molar-refractivity contribution in [3.63, 3.8) is 0 Å². The number of anilines is 1. The summed E-state index contributed by atoms with van der Waals surface area (Å²) in [4.78, 5) is 14.0. The Kier molecular flexibility index (Phi) is 6.80. The Morgan fingerprint density at radius 2 is 1.71 bits per heavy atom. The monoisotopic (exact) mass is 382 g/mol. The smallest absolute Gasteiger partial charge is 0.220 e. The first kappa shape index (κ1) is 20.1. The Bertz CT molecular complexity index is 752. The summed E-state index contributed by atoms with van der Waals surface area (Å²) in [7, 11) is 0.